The molecule has 33 heavy (non-hydrogen) atoms. The van der Waals surface area contributed by atoms with Gasteiger partial charge in [-0.3, -0.25) is 4.79 Å². The Morgan fingerprint density at radius 1 is 1.09 bits per heavy atom. The average Bonchev–Trinajstić information content (AvgIpc) is 2.85. The van der Waals surface area contributed by atoms with Crippen molar-refractivity contribution < 1.29 is 9.53 Å². The highest BCUT2D eigenvalue weighted by atomic mass is 32.2. The number of anilines is 2. The standard InChI is InChI=1S/C24H28N6O2S/c1-29-11-13-30(14-12-29)24-26-16-21(23(28-24)32-17-18-5-3-2-4-6-18)33-20-9-7-19(8-10-20)27-22(31)15-25/h2-10,16H,11-15,17,25H2,1H3,(H,27,31). The van der Waals surface area contributed by atoms with Crippen molar-refractivity contribution in [3.63, 3.8) is 0 Å². The molecule has 0 radical (unpaired) electrons. The molecular weight excluding hydrogens is 436 g/mol. The summed E-state index contributed by atoms with van der Waals surface area (Å²) in [6.07, 6.45) is 1.83. The number of nitrogens with zero attached hydrogens (tertiary/aromatic N) is 4. The lowest BCUT2D eigenvalue weighted by molar-refractivity contribution is -0.114. The Morgan fingerprint density at radius 3 is 2.52 bits per heavy atom. The fraction of sp³-hybridized carbons (Fsp3) is 0.292. The number of hydrogen-bond donors (Lipinski definition) is 2. The van der Waals surface area contributed by atoms with Crippen molar-refractivity contribution in [1.29, 1.82) is 0 Å². The number of likely N-dealkylation sites (N-methyl/N-ethyl adjacent to an activating group) is 1. The van der Waals surface area contributed by atoms with Gasteiger partial charge in [0.25, 0.3) is 0 Å². The number of piperazine rings is 1. The maximum absolute atomic E-state index is 11.5. The minimum absolute atomic E-state index is 0.0460. The Bertz CT molecular complexity index is 1060. The van der Waals surface area contributed by atoms with Gasteiger partial charge in [-0.1, -0.05) is 42.1 Å². The van der Waals surface area contributed by atoms with Gasteiger partial charge >= 0.3 is 0 Å². The molecule has 8 nitrogen and oxygen atoms in total. The molecule has 2 heterocycles. The highest BCUT2D eigenvalue weighted by Crippen LogP contribution is 2.35. The highest BCUT2D eigenvalue weighted by Gasteiger charge is 2.19. The van der Waals surface area contributed by atoms with Crippen LogP contribution in [-0.4, -0.2) is 60.5 Å². The molecule has 4 rings (SSSR count). The minimum Gasteiger partial charge on any atom is -0.472 e. The summed E-state index contributed by atoms with van der Waals surface area (Å²) in [6, 6.07) is 17.6. The first-order chi connectivity index (χ1) is 16.1. The molecule has 1 saturated heterocycles. The SMILES string of the molecule is CN1CCN(c2ncc(Sc3ccc(NC(=O)CN)cc3)c(OCc3ccccc3)n2)CC1. The van der Waals surface area contributed by atoms with Gasteiger partial charge in [-0.25, -0.2) is 4.98 Å². The molecule has 0 atom stereocenters. The maximum atomic E-state index is 11.5. The first-order valence-electron chi connectivity index (χ1n) is 10.9. The van der Waals surface area contributed by atoms with E-state index in [1.165, 1.54) is 11.8 Å². The molecular formula is C24H28N6O2S. The van der Waals surface area contributed by atoms with E-state index in [1.807, 2.05) is 60.8 Å². The van der Waals surface area contributed by atoms with E-state index in [9.17, 15) is 4.79 Å². The van der Waals surface area contributed by atoms with Crippen LogP contribution >= 0.6 is 11.8 Å². The normalized spacial score (nSPS) is 14.2. The molecule has 1 aliphatic heterocycles. The summed E-state index contributed by atoms with van der Waals surface area (Å²) in [5.74, 6) is 1.03. The van der Waals surface area contributed by atoms with Crippen LogP contribution in [0.15, 0.2) is 70.6 Å². The van der Waals surface area contributed by atoms with Crippen molar-refractivity contribution in [2.45, 2.75) is 16.4 Å². The summed E-state index contributed by atoms with van der Waals surface area (Å²) < 4.78 is 6.16. The molecule has 172 valence electrons. The summed E-state index contributed by atoms with van der Waals surface area (Å²) in [4.78, 5) is 27.2. The molecule has 3 N–H and O–H groups in total. The minimum atomic E-state index is -0.222. The van der Waals surface area contributed by atoms with Crippen molar-refractivity contribution in [3.8, 4) is 5.88 Å². The lowest BCUT2D eigenvalue weighted by Gasteiger charge is -2.32. The number of rotatable bonds is 8. The number of ether oxygens (including phenoxy) is 1. The van der Waals surface area contributed by atoms with E-state index in [0.717, 1.165) is 41.5 Å². The Labute approximate surface area is 198 Å². The second-order valence-electron chi connectivity index (χ2n) is 7.78. The van der Waals surface area contributed by atoms with E-state index in [2.05, 4.69) is 27.1 Å². The fourth-order valence-electron chi connectivity index (χ4n) is 3.35. The average molecular weight is 465 g/mol. The molecule has 3 aromatic rings. The Balaban J connectivity index is 1.53. The van der Waals surface area contributed by atoms with Crippen molar-refractivity contribution in [2.75, 3.05) is 50.0 Å². The van der Waals surface area contributed by atoms with Crippen LogP contribution in [-0.2, 0) is 11.4 Å². The van der Waals surface area contributed by atoms with Gasteiger partial charge in [0.2, 0.25) is 17.7 Å². The van der Waals surface area contributed by atoms with Crippen LogP contribution in [0, 0.1) is 0 Å². The molecule has 1 amide bonds. The van der Waals surface area contributed by atoms with E-state index >= 15 is 0 Å². The van der Waals surface area contributed by atoms with E-state index in [1.54, 1.807) is 0 Å². The summed E-state index contributed by atoms with van der Waals surface area (Å²) in [5, 5.41) is 2.75. The van der Waals surface area contributed by atoms with Gasteiger partial charge in [-0.15, -0.1) is 0 Å². The van der Waals surface area contributed by atoms with Gasteiger partial charge in [0.1, 0.15) is 6.61 Å². The smallest absolute Gasteiger partial charge is 0.238 e. The van der Waals surface area contributed by atoms with Crippen LogP contribution in [0.2, 0.25) is 0 Å². The molecule has 2 aromatic carbocycles. The van der Waals surface area contributed by atoms with Gasteiger partial charge in [-0.05, 0) is 36.9 Å². The first-order valence-corrected chi connectivity index (χ1v) is 11.7. The molecule has 0 saturated carbocycles. The zero-order valence-electron chi connectivity index (χ0n) is 18.6. The van der Waals surface area contributed by atoms with E-state index in [0.29, 0.717) is 24.1 Å². The zero-order valence-corrected chi connectivity index (χ0v) is 19.4. The van der Waals surface area contributed by atoms with Crippen LogP contribution < -0.4 is 20.7 Å². The molecule has 0 unspecified atom stereocenters. The predicted molar refractivity (Wildman–Crippen MR) is 131 cm³/mol. The largest absolute Gasteiger partial charge is 0.472 e. The Morgan fingerprint density at radius 2 is 1.82 bits per heavy atom. The molecule has 0 aliphatic carbocycles. The summed E-state index contributed by atoms with van der Waals surface area (Å²) in [5.41, 5.74) is 7.14. The quantitative estimate of drug-likeness (QED) is 0.525. The van der Waals surface area contributed by atoms with E-state index in [-0.39, 0.29) is 12.5 Å². The van der Waals surface area contributed by atoms with Crippen molar-refractivity contribution >= 4 is 29.3 Å². The first kappa shape index (κ1) is 23.0. The van der Waals surface area contributed by atoms with E-state index < -0.39 is 0 Å². The molecule has 1 fully saturated rings. The van der Waals surface area contributed by atoms with Crippen LogP contribution in [0.5, 0.6) is 5.88 Å². The zero-order chi connectivity index (χ0) is 23.0. The maximum Gasteiger partial charge on any atom is 0.238 e. The molecule has 1 aliphatic rings. The molecule has 9 heteroatoms. The van der Waals surface area contributed by atoms with Gasteiger partial charge < -0.3 is 25.6 Å². The van der Waals surface area contributed by atoms with Crippen molar-refractivity contribution in [3.05, 3.63) is 66.4 Å². The number of carbonyl (C=O) groups is 1. The Kier molecular flexibility index (Phi) is 7.77. The Hall–Kier alpha value is -3.14. The second kappa shape index (κ2) is 11.1. The van der Waals surface area contributed by atoms with Crippen LogP contribution in [0.25, 0.3) is 0 Å². The number of aromatic nitrogens is 2. The van der Waals surface area contributed by atoms with Crippen molar-refractivity contribution in [1.82, 2.24) is 14.9 Å². The molecule has 0 bridgehead atoms. The number of nitrogens with one attached hydrogen (secondary N) is 1. The topological polar surface area (TPSA) is 96.6 Å². The highest BCUT2D eigenvalue weighted by molar-refractivity contribution is 7.99. The van der Waals surface area contributed by atoms with Gasteiger partial charge in [0, 0.05) is 36.8 Å². The molecule has 0 spiro atoms. The number of carbonyl (C=O) groups excluding carboxylic acids is 1. The van der Waals surface area contributed by atoms with Crippen LogP contribution in [0.3, 0.4) is 0 Å². The monoisotopic (exact) mass is 464 g/mol. The summed E-state index contributed by atoms with van der Waals surface area (Å²) >= 11 is 1.52. The van der Waals surface area contributed by atoms with Gasteiger partial charge in [0.05, 0.1) is 17.6 Å². The third-order valence-electron chi connectivity index (χ3n) is 5.27. The second-order valence-corrected chi connectivity index (χ2v) is 8.90. The third-order valence-corrected chi connectivity index (χ3v) is 6.27. The number of nitrogens with two attached hydrogens (primary N) is 1. The van der Waals surface area contributed by atoms with Crippen LogP contribution in [0.4, 0.5) is 11.6 Å². The van der Waals surface area contributed by atoms with Gasteiger partial charge in [-0.2, -0.15) is 4.98 Å². The van der Waals surface area contributed by atoms with E-state index in [4.69, 9.17) is 15.5 Å². The number of benzene rings is 2. The predicted octanol–water partition coefficient (Wildman–Crippen LogP) is 2.86. The number of hydrogen-bond acceptors (Lipinski definition) is 8. The fourth-order valence-corrected chi connectivity index (χ4v) is 4.17. The summed E-state index contributed by atoms with van der Waals surface area (Å²) in [7, 11) is 2.12. The third kappa shape index (κ3) is 6.44. The number of amides is 1. The van der Waals surface area contributed by atoms with Crippen LogP contribution in [0.1, 0.15) is 5.56 Å². The van der Waals surface area contributed by atoms with Gasteiger partial charge in [0.15, 0.2) is 0 Å². The van der Waals surface area contributed by atoms with Crippen molar-refractivity contribution in [2.24, 2.45) is 5.73 Å². The lowest BCUT2D eigenvalue weighted by Crippen LogP contribution is -2.45. The summed E-state index contributed by atoms with van der Waals surface area (Å²) in [6.45, 7) is 4.11. The lowest BCUT2D eigenvalue weighted by atomic mass is 10.2. The molecule has 1 aromatic heterocycles.